The lowest BCUT2D eigenvalue weighted by molar-refractivity contribution is 0.148. The van der Waals surface area contributed by atoms with Crippen molar-refractivity contribution >= 4 is 0 Å². The van der Waals surface area contributed by atoms with Gasteiger partial charge in [-0.15, -0.1) is 0 Å². The van der Waals surface area contributed by atoms with E-state index in [1.54, 1.807) is 7.11 Å². The van der Waals surface area contributed by atoms with Crippen molar-refractivity contribution in [2.75, 3.05) is 20.2 Å². The molecule has 0 amide bonds. The topological polar surface area (TPSA) is 25.4 Å². The summed E-state index contributed by atoms with van der Waals surface area (Å²) in [6.45, 7) is 4.67. The number of piperidine rings is 1. The van der Waals surface area contributed by atoms with Crippen LogP contribution < -0.4 is 4.74 Å². The van der Waals surface area contributed by atoms with Gasteiger partial charge in [-0.25, -0.2) is 4.98 Å². The lowest BCUT2D eigenvalue weighted by atomic mass is 9.96. The maximum atomic E-state index is 5.11. The molecule has 17 heavy (non-hydrogen) atoms. The van der Waals surface area contributed by atoms with Gasteiger partial charge in [0.2, 0.25) is 5.88 Å². The summed E-state index contributed by atoms with van der Waals surface area (Å²) in [5.74, 6) is 0.701. The SMILES string of the molecule is CCCN1CCCC[C@@H]1c1ccc(OC)nc1. The summed E-state index contributed by atoms with van der Waals surface area (Å²) < 4.78 is 5.11. The molecule has 0 aliphatic carbocycles. The molecule has 94 valence electrons. The summed E-state index contributed by atoms with van der Waals surface area (Å²) in [4.78, 5) is 6.91. The van der Waals surface area contributed by atoms with E-state index >= 15 is 0 Å². The zero-order valence-electron chi connectivity index (χ0n) is 10.9. The molecule has 0 bridgehead atoms. The van der Waals surface area contributed by atoms with E-state index in [2.05, 4.69) is 22.9 Å². The Labute approximate surface area is 104 Å². The highest BCUT2D eigenvalue weighted by atomic mass is 16.5. The standard InChI is InChI=1S/C14H22N2O/c1-3-9-16-10-5-4-6-13(16)12-7-8-14(17-2)15-11-12/h7-8,11,13H,3-6,9-10H2,1-2H3/t13-/m1/s1. The molecule has 2 heterocycles. The van der Waals surface area contributed by atoms with Gasteiger partial charge in [-0.3, -0.25) is 4.90 Å². The van der Waals surface area contributed by atoms with Gasteiger partial charge < -0.3 is 4.74 Å². The van der Waals surface area contributed by atoms with Gasteiger partial charge in [0.05, 0.1) is 7.11 Å². The number of rotatable bonds is 4. The van der Waals surface area contributed by atoms with Gasteiger partial charge in [-0.05, 0) is 37.9 Å². The second-order valence-corrected chi connectivity index (χ2v) is 4.68. The summed E-state index contributed by atoms with van der Waals surface area (Å²) in [5, 5.41) is 0. The number of pyridine rings is 1. The second-order valence-electron chi connectivity index (χ2n) is 4.68. The van der Waals surface area contributed by atoms with Crippen LogP contribution in [0.15, 0.2) is 18.3 Å². The molecule has 3 heteroatoms. The third kappa shape index (κ3) is 2.97. The average Bonchev–Trinajstić information content (AvgIpc) is 2.40. The molecular weight excluding hydrogens is 212 g/mol. The molecular formula is C14H22N2O. The number of nitrogens with zero attached hydrogens (tertiary/aromatic N) is 2. The molecule has 1 aliphatic heterocycles. The van der Waals surface area contributed by atoms with E-state index in [-0.39, 0.29) is 0 Å². The summed E-state index contributed by atoms with van der Waals surface area (Å²) in [5.41, 5.74) is 1.33. The number of methoxy groups -OCH3 is 1. The van der Waals surface area contributed by atoms with Crippen LogP contribution in [-0.2, 0) is 0 Å². The normalized spacial score (nSPS) is 21.4. The molecule has 3 nitrogen and oxygen atoms in total. The largest absolute Gasteiger partial charge is 0.481 e. The molecule has 1 aromatic heterocycles. The van der Waals surface area contributed by atoms with Crippen LogP contribution in [0.25, 0.3) is 0 Å². The van der Waals surface area contributed by atoms with Gasteiger partial charge in [0.25, 0.3) is 0 Å². The van der Waals surface area contributed by atoms with E-state index < -0.39 is 0 Å². The molecule has 0 radical (unpaired) electrons. The third-order valence-corrected chi connectivity index (χ3v) is 3.48. The Bertz CT molecular complexity index is 335. The first kappa shape index (κ1) is 12.4. The van der Waals surface area contributed by atoms with Gasteiger partial charge in [-0.1, -0.05) is 19.4 Å². The Morgan fingerprint density at radius 3 is 2.94 bits per heavy atom. The fourth-order valence-electron chi connectivity index (χ4n) is 2.63. The van der Waals surface area contributed by atoms with E-state index in [0.29, 0.717) is 11.9 Å². The fourth-order valence-corrected chi connectivity index (χ4v) is 2.63. The Morgan fingerprint density at radius 1 is 1.41 bits per heavy atom. The predicted molar refractivity (Wildman–Crippen MR) is 69.2 cm³/mol. The number of hydrogen-bond acceptors (Lipinski definition) is 3. The van der Waals surface area contributed by atoms with E-state index in [1.807, 2.05) is 12.3 Å². The minimum Gasteiger partial charge on any atom is -0.481 e. The minimum atomic E-state index is 0.558. The summed E-state index contributed by atoms with van der Waals surface area (Å²) >= 11 is 0. The zero-order valence-corrected chi connectivity index (χ0v) is 10.9. The van der Waals surface area contributed by atoms with Crippen LogP contribution in [0.5, 0.6) is 5.88 Å². The maximum absolute atomic E-state index is 5.11. The van der Waals surface area contributed by atoms with Gasteiger partial charge in [-0.2, -0.15) is 0 Å². The lowest BCUT2D eigenvalue weighted by Gasteiger charge is -2.35. The van der Waals surface area contributed by atoms with Crippen molar-refractivity contribution in [1.29, 1.82) is 0 Å². The Hall–Kier alpha value is -1.09. The molecule has 2 rings (SSSR count). The highest BCUT2D eigenvalue weighted by molar-refractivity contribution is 5.21. The van der Waals surface area contributed by atoms with Crippen molar-refractivity contribution in [3.05, 3.63) is 23.9 Å². The first-order chi connectivity index (χ1) is 8.35. The van der Waals surface area contributed by atoms with Crippen LogP contribution in [0, 0.1) is 0 Å². The van der Waals surface area contributed by atoms with Crippen molar-refractivity contribution in [3.8, 4) is 5.88 Å². The monoisotopic (exact) mass is 234 g/mol. The van der Waals surface area contributed by atoms with Crippen LogP contribution in [0.2, 0.25) is 0 Å². The van der Waals surface area contributed by atoms with Gasteiger partial charge >= 0.3 is 0 Å². The minimum absolute atomic E-state index is 0.558. The molecule has 1 aromatic rings. The molecule has 1 saturated heterocycles. The fraction of sp³-hybridized carbons (Fsp3) is 0.643. The lowest BCUT2D eigenvalue weighted by Crippen LogP contribution is -2.34. The first-order valence-electron chi connectivity index (χ1n) is 6.59. The molecule has 1 atom stereocenters. The molecule has 0 N–H and O–H groups in total. The predicted octanol–water partition coefficient (Wildman–Crippen LogP) is 3.03. The van der Waals surface area contributed by atoms with Crippen LogP contribution >= 0.6 is 0 Å². The first-order valence-corrected chi connectivity index (χ1v) is 6.59. The van der Waals surface area contributed by atoms with Crippen LogP contribution in [0.3, 0.4) is 0 Å². The highest BCUT2D eigenvalue weighted by Gasteiger charge is 2.23. The van der Waals surface area contributed by atoms with Crippen molar-refractivity contribution < 1.29 is 4.74 Å². The zero-order chi connectivity index (χ0) is 12.1. The number of hydrogen-bond donors (Lipinski definition) is 0. The van der Waals surface area contributed by atoms with E-state index in [9.17, 15) is 0 Å². The van der Waals surface area contributed by atoms with E-state index in [0.717, 1.165) is 0 Å². The second kappa shape index (κ2) is 6.01. The summed E-state index contributed by atoms with van der Waals surface area (Å²) in [6, 6.07) is 4.68. The van der Waals surface area contributed by atoms with Crippen LogP contribution in [0.4, 0.5) is 0 Å². The molecule has 0 unspecified atom stereocenters. The van der Waals surface area contributed by atoms with Crippen molar-refractivity contribution in [2.24, 2.45) is 0 Å². The van der Waals surface area contributed by atoms with Gasteiger partial charge in [0.15, 0.2) is 0 Å². The molecule has 1 aliphatic rings. The molecule has 1 fully saturated rings. The molecule has 0 spiro atoms. The number of ether oxygens (including phenoxy) is 1. The third-order valence-electron chi connectivity index (χ3n) is 3.48. The van der Waals surface area contributed by atoms with Gasteiger partial charge in [0.1, 0.15) is 0 Å². The quantitative estimate of drug-likeness (QED) is 0.800. The Morgan fingerprint density at radius 2 is 2.29 bits per heavy atom. The smallest absolute Gasteiger partial charge is 0.212 e. The van der Waals surface area contributed by atoms with Crippen LogP contribution in [-0.4, -0.2) is 30.1 Å². The summed E-state index contributed by atoms with van der Waals surface area (Å²) in [7, 11) is 1.66. The van der Waals surface area contributed by atoms with Crippen LogP contribution in [0.1, 0.15) is 44.2 Å². The summed E-state index contributed by atoms with van der Waals surface area (Å²) in [6.07, 6.45) is 7.11. The van der Waals surface area contributed by atoms with Gasteiger partial charge in [0, 0.05) is 18.3 Å². The average molecular weight is 234 g/mol. The number of likely N-dealkylation sites (tertiary alicyclic amines) is 1. The van der Waals surface area contributed by atoms with Crippen molar-refractivity contribution in [3.63, 3.8) is 0 Å². The molecule has 0 saturated carbocycles. The van der Waals surface area contributed by atoms with E-state index in [4.69, 9.17) is 4.74 Å². The van der Waals surface area contributed by atoms with Crippen molar-refractivity contribution in [1.82, 2.24) is 9.88 Å². The Balaban J connectivity index is 2.11. The molecule has 0 aromatic carbocycles. The number of aromatic nitrogens is 1. The van der Waals surface area contributed by atoms with E-state index in [1.165, 1.54) is 44.3 Å². The maximum Gasteiger partial charge on any atom is 0.212 e. The van der Waals surface area contributed by atoms with Crippen molar-refractivity contribution in [2.45, 2.75) is 38.6 Å². The Kier molecular flexibility index (Phi) is 4.37. The highest BCUT2D eigenvalue weighted by Crippen LogP contribution is 2.30.